The number of nitrogens with one attached hydrogen (secondary N) is 2. The summed E-state index contributed by atoms with van der Waals surface area (Å²) in [6.45, 7) is 2.06. The van der Waals surface area contributed by atoms with E-state index in [0.717, 1.165) is 48.5 Å². The monoisotopic (exact) mass is 411 g/mol. The molecule has 0 saturated carbocycles. The van der Waals surface area contributed by atoms with Gasteiger partial charge in [-0.05, 0) is 48.4 Å². The van der Waals surface area contributed by atoms with Crippen molar-refractivity contribution in [3.05, 3.63) is 59.2 Å². The van der Waals surface area contributed by atoms with E-state index in [2.05, 4.69) is 10.6 Å². The molecule has 0 spiro atoms. The molecule has 2 N–H and O–H groups in total. The second-order valence-corrected chi connectivity index (χ2v) is 9.01. The first-order valence-electron chi connectivity index (χ1n) is 9.00. The Morgan fingerprint density at radius 3 is 2.61 bits per heavy atom. The zero-order chi connectivity index (χ0) is 19.9. The zero-order valence-electron chi connectivity index (χ0n) is 15.0. The Morgan fingerprint density at radius 1 is 1.11 bits per heavy atom. The molecule has 2 aromatic carbocycles. The molecule has 2 heterocycles. The van der Waals surface area contributed by atoms with E-state index in [4.69, 9.17) is 0 Å². The van der Waals surface area contributed by atoms with Crippen molar-refractivity contribution in [3.8, 4) is 0 Å². The molecule has 9 heteroatoms. The summed E-state index contributed by atoms with van der Waals surface area (Å²) in [5.74, 6) is 0. The summed E-state index contributed by atoms with van der Waals surface area (Å²) in [5.41, 5.74) is 1.66. The van der Waals surface area contributed by atoms with Gasteiger partial charge in [-0.2, -0.15) is 17.5 Å². The third kappa shape index (κ3) is 3.61. The lowest BCUT2D eigenvalue weighted by Crippen LogP contribution is -2.26. The zero-order valence-corrected chi connectivity index (χ0v) is 15.8. The lowest BCUT2D eigenvalue weighted by molar-refractivity contribution is -0.137. The minimum absolute atomic E-state index is 0.136. The van der Waals surface area contributed by atoms with Crippen LogP contribution in [0.4, 0.5) is 18.9 Å². The number of hydrogen-bond acceptors (Lipinski definition) is 4. The van der Waals surface area contributed by atoms with E-state index in [1.165, 1.54) is 10.4 Å². The SMILES string of the molecule is O=S(=O)(c1cccc(C(F)(F)F)c1)N1Cc2cccc(N[C@@H]3CCNC3)c2C1. The molecule has 0 bridgehead atoms. The topological polar surface area (TPSA) is 61.4 Å². The van der Waals surface area contributed by atoms with Crippen molar-refractivity contribution in [2.24, 2.45) is 0 Å². The fourth-order valence-corrected chi connectivity index (χ4v) is 5.11. The van der Waals surface area contributed by atoms with Gasteiger partial charge in [-0.15, -0.1) is 0 Å². The third-order valence-corrected chi connectivity index (χ3v) is 6.96. The average Bonchev–Trinajstić information content (AvgIpc) is 3.31. The molecule has 0 amide bonds. The summed E-state index contributed by atoms with van der Waals surface area (Å²) in [4.78, 5) is -0.343. The minimum atomic E-state index is -4.59. The molecule has 5 nitrogen and oxygen atoms in total. The van der Waals surface area contributed by atoms with Crippen LogP contribution in [-0.2, 0) is 29.3 Å². The Hall–Kier alpha value is -2.10. The number of alkyl halides is 3. The Bertz CT molecular complexity index is 986. The quantitative estimate of drug-likeness (QED) is 0.811. The van der Waals surface area contributed by atoms with Crippen molar-refractivity contribution < 1.29 is 21.6 Å². The van der Waals surface area contributed by atoms with Crippen LogP contribution in [0.5, 0.6) is 0 Å². The Morgan fingerprint density at radius 2 is 1.89 bits per heavy atom. The first-order chi connectivity index (χ1) is 13.2. The van der Waals surface area contributed by atoms with Crippen molar-refractivity contribution in [2.75, 3.05) is 18.4 Å². The van der Waals surface area contributed by atoms with Crippen LogP contribution in [0, 0.1) is 0 Å². The molecule has 2 aliphatic heterocycles. The highest BCUT2D eigenvalue weighted by Crippen LogP contribution is 2.35. The molecule has 1 atom stereocenters. The highest BCUT2D eigenvalue weighted by molar-refractivity contribution is 7.89. The molecule has 150 valence electrons. The van der Waals surface area contributed by atoms with Gasteiger partial charge >= 0.3 is 6.18 Å². The van der Waals surface area contributed by atoms with Gasteiger partial charge in [0.1, 0.15) is 0 Å². The van der Waals surface area contributed by atoms with E-state index in [1.54, 1.807) is 0 Å². The number of fused-ring (bicyclic) bond motifs is 1. The van der Waals surface area contributed by atoms with Crippen LogP contribution >= 0.6 is 0 Å². The standard InChI is InChI=1S/C19H20F3N3O2S/c20-19(21,22)14-4-2-5-16(9-14)28(26,27)25-11-13-3-1-6-18(17(13)12-25)24-15-7-8-23-10-15/h1-6,9,15,23-24H,7-8,10-12H2/t15-/m1/s1. The lowest BCUT2D eigenvalue weighted by Gasteiger charge is -2.18. The van der Waals surface area contributed by atoms with Gasteiger partial charge in [0.15, 0.2) is 0 Å². The Balaban J connectivity index is 1.60. The molecule has 0 aliphatic carbocycles. The fraction of sp³-hybridized carbons (Fsp3) is 0.368. The van der Waals surface area contributed by atoms with E-state index >= 15 is 0 Å². The Kier molecular flexibility index (Phi) is 4.84. The van der Waals surface area contributed by atoms with Gasteiger partial charge in [0.05, 0.1) is 10.5 Å². The summed E-state index contributed by atoms with van der Waals surface area (Å²) in [6, 6.07) is 9.81. The second kappa shape index (κ2) is 7.06. The lowest BCUT2D eigenvalue weighted by atomic mass is 10.1. The average molecular weight is 411 g/mol. The molecule has 4 rings (SSSR count). The predicted octanol–water partition coefficient (Wildman–Crippen LogP) is 3.18. The van der Waals surface area contributed by atoms with E-state index < -0.39 is 21.8 Å². The molecule has 2 aromatic rings. The van der Waals surface area contributed by atoms with Crippen molar-refractivity contribution >= 4 is 15.7 Å². The summed E-state index contributed by atoms with van der Waals surface area (Å²) in [6.07, 6.45) is -3.61. The maximum atomic E-state index is 13.0. The fourth-order valence-electron chi connectivity index (χ4n) is 3.68. The molecule has 2 aliphatic rings. The van der Waals surface area contributed by atoms with Crippen LogP contribution in [0.15, 0.2) is 47.4 Å². The van der Waals surface area contributed by atoms with E-state index in [-0.39, 0.29) is 24.0 Å². The second-order valence-electron chi connectivity index (χ2n) is 7.08. The highest BCUT2D eigenvalue weighted by atomic mass is 32.2. The first kappa shape index (κ1) is 19.2. The molecule has 0 unspecified atom stereocenters. The summed E-state index contributed by atoms with van der Waals surface area (Å²) in [7, 11) is -4.04. The van der Waals surface area contributed by atoms with Crippen LogP contribution in [0.25, 0.3) is 0 Å². The number of anilines is 1. The van der Waals surface area contributed by atoms with Crippen molar-refractivity contribution in [3.63, 3.8) is 0 Å². The smallest absolute Gasteiger partial charge is 0.381 e. The molecular weight excluding hydrogens is 391 g/mol. The number of hydrogen-bond donors (Lipinski definition) is 2. The van der Waals surface area contributed by atoms with Gasteiger partial charge in [-0.25, -0.2) is 8.42 Å². The maximum absolute atomic E-state index is 13.0. The van der Waals surface area contributed by atoms with Crippen molar-refractivity contribution in [1.82, 2.24) is 9.62 Å². The number of halogens is 3. The van der Waals surface area contributed by atoms with Gasteiger partial charge in [0.25, 0.3) is 0 Å². The molecule has 1 fully saturated rings. The van der Waals surface area contributed by atoms with Crippen LogP contribution in [-0.4, -0.2) is 31.9 Å². The predicted molar refractivity (Wildman–Crippen MR) is 99.2 cm³/mol. The van der Waals surface area contributed by atoms with E-state index in [1.807, 2.05) is 18.2 Å². The minimum Gasteiger partial charge on any atom is -0.381 e. The third-order valence-electron chi connectivity index (χ3n) is 5.17. The van der Waals surface area contributed by atoms with E-state index in [9.17, 15) is 21.6 Å². The summed E-state index contributed by atoms with van der Waals surface area (Å²) < 4.78 is 66.1. The number of rotatable bonds is 4. The van der Waals surface area contributed by atoms with Crippen LogP contribution in [0.2, 0.25) is 0 Å². The molecule has 0 radical (unpaired) electrons. The van der Waals surface area contributed by atoms with Crippen molar-refractivity contribution in [2.45, 2.75) is 36.6 Å². The summed E-state index contributed by atoms with van der Waals surface area (Å²) in [5, 5.41) is 6.72. The molecule has 1 saturated heterocycles. The summed E-state index contributed by atoms with van der Waals surface area (Å²) >= 11 is 0. The van der Waals surface area contributed by atoms with Crippen molar-refractivity contribution in [1.29, 1.82) is 0 Å². The highest BCUT2D eigenvalue weighted by Gasteiger charge is 2.35. The maximum Gasteiger partial charge on any atom is 0.416 e. The first-order valence-corrected chi connectivity index (χ1v) is 10.4. The van der Waals surface area contributed by atoms with Gasteiger partial charge in [0.2, 0.25) is 10.0 Å². The van der Waals surface area contributed by atoms with Gasteiger partial charge < -0.3 is 10.6 Å². The van der Waals surface area contributed by atoms with Crippen LogP contribution in [0.1, 0.15) is 23.1 Å². The molecular formula is C19H20F3N3O2S. The van der Waals surface area contributed by atoms with Crippen LogP contribution < -0.4 is 10.6 Å². The number of benzene rings is 2. The largest absolute Gasteiger partial charge is 0.416 e. The molecule has 0 aromatic heterocycles. The number of nitrogens with zero attached hydrogens (tertiary/aromatic N) is 1. The normalized spacial score (nSPS) is 20.3. The number of sulfonamides is 1. The van der Waals surface area contributed by atoms with Gasteiger partial charge in [-0.3, -0.25) is 0 Å². The van der Waals surface area contributed by atoms with Crippen LogP contribution in [0.3, 0.4) is 0 Å². The van der Waals surface area contributed by atoms with E-state index in [0.29, 0.717) is 6.07 Å². The Labute approximate surface area is 161 Å². The van der Waals surface area contributed by atoms with Gasteiger partial charge in [-0.1, -0.05) is 18.2 Å². The van der Waals surface area contributed by atoms with Gasteiger partial charge in [0, 0.05) is 31.4 Å². The molecule has 28 heavy (non-hydrogen) atoms.